The summed E-state index contributed by atoms with van der Waals surface area (Å²) in [4.78, 5) is 15.1. The summed E-state index contributed by atoms with van der Waals surface area (Å²) in [6, 6.07) is 8.14. The zero-order valence-corrected chi connectivity index (χ0v) is 18.7. The average Bonchev–Trinajstić information content (AvgIpc) is 3.05. The fourth-order valence-corrected chi connectivity index (χ4v) is 6.59. The molecule has 2 fully saturated rings. The maximum atomic E-state index is 13.0. The summed E-state index contributed by atoms with van der Waals surface area (Å²) in [6.45, 7) is 7.33. The summed E-state index contributed by atoms with van der Waals surface area (Å²) in [6.07, 6.45) is 10.9. The number of hydrogen-bond acceptors (Lipinski definition) is 3. The number of hydrogen-bond donors (Lipinski definition) is 0. The standard InChI is InChI=1S/C24H37NO2S/c1-19(2)25(23(26)18-27-21-11-9-20(3)10-12-21)17-22-24(15-16-28-22)13-7-5-4-6-8-14-24/h9-12,19,22H,4-8,13-18H2,1-3H3. The second-order valence-electron chi connectivity index (χ2n) is 8.98. The predicted octanol–water partition coefficient (Wildman–Crippen LogP) is 5.85. The van der Waals surface area contributed by atoms with Gasteiger partial charge in [0.15, 0.2) is 6.61 Å². The molecule has 1 aromatic carbocycles. The van der Waals surface area contributed by atoms with Crippen molar-refractivity contribution >= 4 is 17.7 Å². The van der Waals surface area contributed by atoms with Gasteiger partial charge in [0.1, 0.15) is 5.75 Å². The lowest BCUT2D eigenvalue weighted by molar-refractivity contribution is -0.135. The number of aryl methyl sites for hydroxylation is 1. The van der Waals surface area contributed by atoms with Crippen LogP contribution in [-0.4, -0.2) is 41.0 Å². The van der Waals surface area contributed by atoms with Gasteiger partial charge in [0.2, 0.25) is 0 Å². The lowest BCUT2D eigenvalue weighted by Gasteiger charge is -2.40. The highest BCUT2D eigenvalue weighted by atomic mass is 32.2. The first-order valence-electron chi connectivity index (χ1n) is 11.1. The van der Waals surface area contributed by atoms with Crippen molar-refractivity contribution in [2.45, 2.75) is 83.4 Å². The molecule has 0 aromatic heterocycles. The fourth-order valence-electron chi connectivity index (χ4n) is 4.81. The third kappa shape index (κ3) is 5.46. The molecule has 2 aliphatic rings. The Labute approximate surface area is 175 Å². The van der Waals surface area contributed by atoms with Gasteiger partial charge in [0, 0.05) is 17.8 Å². The van der Waals surface area contributed by atoms with E-state index in [0.29, 0.717) is 10.7 Å². The monoisotopic (exact) mass is 403 g/mol. The van der Waals surface area contributed by atoms with Crippen LogP contribution in [0.25, 0.3) is 0 Å². The van der Waals surface area contributed by atoms with E-state index in [2.05, 4.69) is 37.4 Å². The minimum atomic E-state index is 0.115. The molecular formula is C24H37NO2S. The van der Waals surface area contributed by atoms with Gasteiger partial charge in [-0.15, -0.1) is 0 Å². The third-order valence-corrected chi connectivity index (χ3v) is 8.13. The van der Waals surface area contributed by atoms with Gasteiger partial charge in [0.25, 0.3) is 5.91 Å². The normalized spacial score (nSPS) is 22.1. The van der Waals surface area contributed by atoms with E-state index in [1.54, 1.807) is 0 Å². The minimum absolute atomic E-state index is 0.115. The number of ether oxygens (including phenoxy) is 1. The molecule has 1 atom stereocenters. The third-order valence-electron chi connectivity index (χ3n) is 6.64. The molecule has 3 rings (SSSR count). The summed E-state index contributed by atoms with van der Waals surface area (Å²) in [5.41, 5.74) is 1.65. The van der Waals surface area contributed by atoms with E-state index in [9.17, 15) is 4.79 Å². The molecule has 1 spiro atoms. The van der Waals surface area contributed by atoms with Crippen molar-refractivity contribution in [3.8, 4) is 5.75 Å². The molecule has 0 radical (unpaired) electrons. The van der Waals surface area contributed by atoms with Crippen molar-refractivity contribution in [1.29, 1.82) is 0 Å². The molecule has 1 saturated carbocycles. The van der Waals surface area contributed by atoms with Crippen LogP contribution in [0.5, 0.6) is 5.75 Å². The van der Waals surface area contributed by atoms with Crippen LogP contribution in [0.1, 0.15) is 70.8 Å². The van der Waals surface area contributed by atoms with Gasteiger partial charge < -0.3 is 9.64 Å². The Balaban J connectivity index is 1.62. The van der Waals surface area contributed by atoms with Crippen LogP contribution in [0, 0.1) is 12.3 Å². The summed E-state index contributed by atoms with van der Waals surface area (Å²) in [5.74, 6) is 2.14. The smallest absolute Gasteiger partial charge is 0.260 e. The minimum Gasteiger partial charge on any atom is -0.484 e. The molecule has 1 aromatic rings. The van der Waals surface area contributed by atoms with Crippen LogP contribution in [-0.2, 0) is 4.79 Å². The van der Waals surface area contributed by atoms with Gasteiger partial charge in [-0.25, -0.2) is 0 Å². The lowest BCUT2D eigenvalue weighted by Crippen LogP contribution is -2.47. The predicted molar refractivity (Wildman–Crippen MR) is 119 cm³/mol. The van der Waals surface area contributed by atoms with Crippen LogP contribution < -0.4 is 4.74 Å². The van der Waals surface area contributed by atoms with Crippen molar-refractivity contribution in [3.05, 3.63) is 29.8 Å². The van der Waals surface area contributed by atoms with Crippen molar-refractivity contribution in [1.82, 2.24) is 4.90 Å². The largest absolute Gasteiger partial charge is 0.484 e. The molecular weight excluding hydrogens is 366 g/mol. The number of rotatable bonds is 6. The maximum absolute atomic E-state index is 13.0. The molecule has 28 heavy (non-hydrogen) atoms. The Kier molecular flexibility index (Phi) is 7.73. The van der Waals surface area contributed by atoms with Crippen molar-refractivity contribution < 1.29 is 9.53 Å². The van der Waals surface area contributed by atoms with E-state index in [0.717, 1.165) is 12.3 Å². The topological polar surface area (TPSA) is 29.5 Å². The number of amides is 1. The molecule has 4 heteroatoms. The molecule has 1 aliphatic heterocycles. The number of carbonyl (C=O) groups excluding carboxylic acids is 1. The Morgan fingerprint density at radius 2 is 1.75 bits per heavy atom. The summed E-state index contributed by atoms with van der Waals surface area (Å²) in [5, 5.41) is 0.580. The SMILES string of the molecule is Cc1ccc(OCC(=O)N(CC2SCCC23CCCCCCC3)C(C)C)cc1. The molecule has 1 amide bonds. The number of nitrogens with zero attached hydrogens (tertiary/aromatic N) is 1. The fraction of sp³-hybridized carbons (Fsp3) is 0.708. The zero-order valence-electron chi connectivity index (χ0n) is 17.9. The van der Waals surface area contributed by atoms with E-state index in [4.69, 9.17) is 4.74 Å². The molecule has 1 unspecified atom stereocenters. The summed E-state index contributed by atoms with van der Waals surface area (Å²) >= 11 is 2.11. The molecule has 1 aliphatic carbocycles. The van der Waals surface area contributed by atoms with Gasteiger partial charge in [-0.05, 0) is 63.3 Å². The molecule has 156 valence electrons. The van der Waals surface area contributed by atoms with Crippen molar-refractivity contribution in [2.75, 3.05) is 18.9 Å². The Hall–Kier alpha value is -1.16. The molecule has 0 N–H and O–H groups in total. The van der Waals surface area contributed by atoms with Crippen LogP contribution >= 0.6 is 11.8 Å². The van der Waals surface area contributed by atoms with Gasteiger partial charge >= 0.3 is 0 Å². The summed E-state index contributed by atoms with van der Waals surface area (Å²) in [7, 11) is 0. The first-order valence-corrected chi connectivity index (χ1v) is 12.2. The van der Waals surface area contributed by atoms with Gasteiger partial charge in [-0.3, -0.25) is 4.79 Å². The van der Waals surface area contributed by atoms with Gasteiger partial charge in [0.05, 0.1) is 0 Å². The second kappa shape index (κ2) is 10.0. The van der Waals surface area contributed by atoms with Crippen LogP contribution in [0.3, 0.4) is 0 Å². The first kappa shape index (κ1) is 21.5. The van der Waals surface area contributed by atoms with Crippen LogP contribution in [0.4, 0.5) is 0 Å². The molecule has 0 bridgehead atoms. The zero-order chi connectivity index (χ0) is 20.0. The van der Waals surface area contributed by atoms with Gasteiger partial charge in [-0.1, -0.05) is 49.8 Å². The molecule has 3 nitrogen and oxygen atoms in total. The van der Waals surface area contributed by atoms with Crippen molar-refractivity contribution in [3.63, 3.8) is 0 Å². The van der Waals surface area contributed by atoms with Crippen molar-refractivity contribution in [2.24, 2.45) is 5.41 Å². The maximum Gasteiger partial charge on any atom is 0.260 e. The molecule has 1 saturated heterocycles. The Morgan fingerprint density at radius 1 is 1.11 bits per heavy atom. The number of benzene rings is 1. The van der Waals surface area contributed by atoms with Crippen LogP contribution in [0.2, 0.25) is 0 Å². The summed E-state index contributed by atoms with van der Waals surface area (Å²) < 4.78 is 5.79. The average molecular weight is 404 g/mol. The van der Waals surface area contributed by atoms with E-state index < -0.39 is 0 Å². The van der Waals surface area contributed by atoms with E-state index in [1.807, 2.05) is 24.3 Å². The first-order chi connectivity index (χ1) is 13.5. The Morgan fingerprint density at radius 3 is 2.39 bits per heavy atom. The second-order valence-corrected chi connectivity index (χ2v) is 10.3. The van der Waals surface area contributed by atoms with E-state index >= 15 is 0 Å². The molecule has 1 heterocycles. The quantitative estimate of drug-likeness (QED) is 0.597. The highest BCUT2D eigenvalue weighted by molar-refractivity contribution is 8.00. The Bertz CT molecular complexity index is 620. The number of carbonyl (C=O) groups is 1. The lowest BCUT2D eigenvalue weighted by atomic mass is 9.71. The highest BCUT2D eigenvalue weighted by Gasteiger charge is 2.44. The van der Waals surface area contributed by atoms with E-state index in [-0.39, 0.29) is 18.6 Å². The number of thioether (sulfide) groups is 1. The highest BCUT2D eigenvalue weighted by Crippen LogP contribution is 2.51. The van der Waals surface area contributed by atoms with Gasteiger partial charge in [-0.2, -0.15) is 11.8 Å². The van der Waals surface area contributed by atoms with E-state index in [1.165, 1.54) is 62.7 Å². The van der Waals surface area contributed by atoms with Crippen LogP contribution in [0.15, 0.2) is 24.3 Å².